The second-order valence-corrected chi connectivity index (χ2v) is 4.44. The molecule has 3 nitrogen and oxygen atoms in total. The van der Waals surface area contributed by atoms with Crippen molar-refractivity contribution in [3.05, 3.63) is 52.5 Å². The summed E-state index contributed by atoms with van der Waals surface area (Å²) in [6.07, 6.45) is 2.91. The second kappa shape index (κ2) is 4.80. The highest BCUT2D eigenvalue weighted by atomic mass is 79.9. The van der Waals surface area contributed by atoms with Crippen molar-refractivity contribution in [3.8, 4) is 0 Å². The zero-order valence-corrected chi connectivity index (χ0v) is 10.6. The van der Waals surface area contributed by atoms with Gasteiger partial charge in [-0.05, 0) is 24.6 Å². The molecule has 1 atom stereocenters. The Hall–Kier alpha value is -1.13. The maximum atomic E-state index is 10.2. The summed E-state index contributed by atoms with van der Waals surface area (Å²) in [4.78, 5) is 4.19. The van der Waals surface area contributed by atoms with Gasteiger partial charge in [-0.25, -0.2) is 4.98 Å². The van der Waals surface area contributed by atoms with Gasteiger partial charge in [0.25, 0.3) is 0 Å². The highest BCUT2D eigenvalue weighted by Crippen LogP contribution is 2.23. The maximum Gasteiger partial charge on any atom is 0.142 e. The number of aliphatic hydroxyl groups excluding tert-OH is 1. The molecule has 2 aromatic rings. The summed E-state index contributed by atoms with van der Waals surface area (Å²) in [6, 6.07) is 7.63. The van der Waals surface area contributed by atoms with E-state index in [0.717, 1.165) is 16.6 Å². The van der Waals surface area contributed by atoms with Crippen molar-refractivity contribution in [1.82, 2.24) is 9.55 Å². The molecule has 0 fully saturated rings. The summed E-state index contributed by atoms with van der Waals surface area (Å²) in [5.74, 6) is 0.681. The Morgan fingerprint density at radius 1 is 1.50 bits per heavy atom. The number of hydrogen-bond acceptors (Lipinski definition) is 2. The quantitative estimate of drug-likeness (QED) is 0.939. The van der Waals surface area contributed by atoms with Gasteiger partial charge in [-0.3, -0.25) is 0 Å². The normalized spacial score (nSPS) is 12.7. The van der Waals surface area contributed by atoms with Gasteiger partial charge < -0.3 is 9.67 Å². The molecule has 1 aromatic carbocycles. The largest absolute Gasteiger partial charge is 0.380 e. The van der Waals surface area contributed by atoms with E-state index in [1.54, 1.807) is 6.20 Å². The minimum Gasteiger partial charge on any atom is -0.380 e. The number of rotatable bonds is 3. The Morgan fingerprint density at radius 2 is 2.31 bits per heavy atom. The molecule has 0 saturated carbocycles. The molecule has 84 valence electrons. The van der Waals surface area contributed by atoms with E-state index in [2.05, 4.69) is 20.9 Å². The molecular formula is C12H13BrN2O. The van der Waals surface area contributed by atoms with Gasteiger partial charge in [0.1, 0.15) is 11.9 Å². The Bertz CT molecular complexity index is 481. The fourth-order valence-electron chi connectivity index (χ4n) is 1.66. The molecule has 4 heteroatoms. The third kappa shape index (κ3) is 2.18. The Morgan fingerprint density at radius 3 is 3.00 bits per heavy atom. The second-order valence-electron chi connectivity index (χ2n) is 3.53. The van der Waals surface area contributed by atoms with Gasteiger partial charge in [-0.1, -0.05) is 28.1 Å². The lowest BCUT2D eigenvalue weighted by Gasteiger charge is -2.12. The van der Waals surface area contributed by atoms with Crippen LogP contribution in [-0.4, -0.2) is 14.7 Å². The molecule has 0 radical (unpaired) electrons. The van der Waals surface area contributed by atoms with E-state index in [9.17, 15) is 5.11 Å². The Kier molecular flexibility index (Phi) is 3.41. The summed E-state index contributed by atoms with van der Waals surface area (Å²) in [5, 5.41) is 10.2. The van der Waals surface area contributed by atoms with Crippen molar-refractivity contribution in [3.63, 3.8) is 0 Å². The summed E-state index contributed by atoms with van der Waals surface area (Å²) in [7, 11) is 0. The number of halogens is 1. The van der Waals surface area contributed by atoms with Crippen molar-refractivity contribution in [1.29, 1.82) is 0 Å². The van der Waals surface area contributed by atoms with Crippen LogP contribution in [0.5, 0.6) is 0 Å². The number of imidazole rings is 1. The zero-order valence-electron chi connectivity index (χ0n) is 8.97. The molecule has 0 aliphatic carbocycles. The number of benzene rings is 1. The summed E-state index contributed by atoms with van der Waals surface area (Å²) in [5.41, 5.74) is 0.843. The first kappa shape index (κ1) is 11.4. The molecule has 2 rings (SSSR count). The number of aryl methyl sites for hydroxylation is 1. The first-order valence-electron chi connectivity index (χ1n) is 5.17. The van der Waals surface area contributed by atoms with Crippen LogP contribution in [0.2, 0.25) is 0 Å². The van der Waals surface area contributed by atoms with Gasteiger partial charge >= 0.3 is 0 Å². The third-order valence-electron chi connectivity index (χ3n) is 2.50. The first-order chi connectivity index (χ1) is 7.72. The lowest BCUT2D eigenvalue weighted by atomic mass is 10.1. The molecular weight excluding hydrogens is 268 g/mol. The van der Waals surface area contributed by atoms with E-state index in [1.165, 1.54) is 0 Å². The zero-order chi connectivity index (χ0) is 11.5. The van der Waals surface area contributed by atoms with Gasteiger partial charge in [0, 0.05) is 23.4 Å². The third-order valence-corrected chi connectivity index (χ3v) is 2.99. The smallest absolute Gasteiger partial charge is 0.142 e. The lowest BCUT2D eigenvalue weighted by Crippen LogP contribution is -2.08. The van der Waals surface area contributed by atoms with Crippen LogP contribution in [0.1, 0.15) is 24.4 Å². The summed E-state index contributed by atoms with van der Waals surface area (Å²) in [6.45, 7) is 2.83. The highest BCUT2D eigenvalue weighted by molar-refractivity contribution is 9.10. The lowest BCUT2D eigenvalue weighted by molar-refractivity contribution is 0.205. The van der Waals surface area contributed by atoms with Gasteiger partial charge in [0.05, 0.1) is 0 Å². The van der Waals surface area contributed by atoms with Crippen molar-refractivity contribution in [2.75, 3.05) is 0 Å². The van der Waals surface area contributed by atoms with Gasteiger partial charge in [-0.2, -0.15) is 0 Å². The van der Waals surface area contributed by atoms with E-state index in [0.29, 0.717) is 5.82 Å². The van der Waals surface area contributed by atoms with Crippen LogP contribution in [-0.2, 0) is 6.54 Å². The molecule has 0 saturated heterocycles. The van der Waals surface area contributed by atoms with Crippen LogP contribution >= 0.6 is 15.9 Å². The van der Waals surface area contributed by atoms with Gasteiger partial charge in [-0.15, -0.1) is 0 Å². The highest BCUT2D eigenvalue weighted by Gasteiger charge is 2.15. The number of nitrogens with zero attached hydrogens (tertiary/aromatic N) is 2. The average Bonchev–Trinajstić information content (AvgIpc) is 2.76. The predicted molar refractivity (Wildman–Crippen MR) is 66.1 cm³/mol. The van der Waals surface area contributed by atoms with E-state index < -0.39 is 6.10 Å². The molecule has 0 spiro atoms. The summed E-state index contributed by atoms with van der Waals surface area (Å²) < 4.78 is 2.89. The maximum absolute atomic E-state index is 10.2. The fraction of sp³-hybridized carbons (Fsp3) is 0.250. The SMILES string of the molecule is CCn1ccnc1C(O)c1cccc(Br)c1. The minimum atomic E-state index is -0.674. The molecule has 0 aliphatic heterocycles. The first-order valence-corrected chi connectivity index (χ1v) is 5.96. The van der Waals surface area contributed by atoms with E-state index >= 15 is 0 Å². The van der Waals surface area contributed by atoms with E-state index in [4.69, 9.17) is 0 Å². The molecule has 16 heavy (non-hydrogen) atoms. The van der Waals surface area contributed by atoms with Crippen LogP contribution in [0.3, 0.4) is 0 Å². The Balaban J connectivity index is 2.35. The van der Waals surface area contributed by atoms with E-state index in [-0.39, 0.29) is 0 Å². The predicted octanol–water partition coefficient (Wildman–Crippen LogP) is 2.75. The van der Waals surface area contributed by atoms with Crippen molar-refractivity contribution < 1.29 is 5.11 Å². The summed E-state index contributed by atoms with van der Waals surface area (Å²) >= 11 is 3.39. The van der Waals surface area contributed by atoms with E-state index in [1.807, 2.05) is 42.0 Å². The fourth-order valence-corrected chi connectivity index (χ4v) is 2.08. The van der Waals surface area contributed by atoms with Crippen LogP contribution in [0.25, 0.3) is 0 Å². The van der Waals surface area contributed by atoms with Crippen molar-refractivity contribution in [2.24, 2.45) is 0 Å². The van der Waals surface area contributed by atoms with Crippen LogP contribution in [0, 0.1) is 0 Å². The van der Waals surface area contributed by atoms with Crippen LogP contribution in [0.15, 0.2) is 41.1 Å². The molecule has 0 amide bonds. The standard InChI is InChI=1S/C12H13BrN2O/c1-2-15-7-6-14-12(15)11(16)9-4-3-5-10(13)8-9/h3-8,11,16H,2H2,1H3. The van der Waals surface area contributed by atoms with Crippen LogP contribution in [0.4, 0.5) is 0 Å². The van der Waals surface area contributed by atoms with Gasteiger partial charge in [0.15, 0.2) is 0 Å². The number of aliphatic hydroxyl groups is 1. The average molecular weight is 281 g/mol. The molecule has 1 heterocycles. The van der Waals surface area contributed by atoms with Crippen molar-refractivity contribution >= 4 is 15.9 Å². The van der Waals surface area contributed by atoms with Crippen LogP contribution < -0.4 is 0 Å². The van der Waals surface area contributed by atoms with Gasteiger partial charge in [0.2, 0.25) is 0 Å². The molecule has 0 aliphatic rings. The molecule has 1 unspecified atom stereocenters. The number of aromatic nitrogens is 2. The molecule has 0 bridgehead atoms. The Labute approximate surface area is 103 Å². The molecule has 1 N–H and O–H groups in total. The topological polar surface area (TPSA) is 38.0 Å². The monoisotopic (exact) mass is 280 g/mol. The van der Waals surface area contributed by atoms with Crippen molar-refractivity contribution in [2.45, 2.75) is 19.6 Å². The minimum absolute atomic E-state index is 0.674. The molecule has 1 aromatic heterocycles. The number of hydrogen-bond donors (Lipinski definition) is 1.